The summed E-state index contributed by atoms with van der Waals surface area (Å²) in [5, 5.41) is 10.6. The molecular formula is C15H16N2O4S. The predicted octanol–water partition coefficient (Wildman–Crippen LogP) is 1.86. The van der Waals surface area contributed by atoms with Gasteiger partial charge in [-0.2, -0.15) is 4.31 Å². The maximum Gasteiger partial charge on any atom is 0.322 e. The zero-order chi connectivity index (χ0) is 15.7. The Bertz CT molecular complexity index is 814. The molecule has 116 valence electrons. The van der Waals surface area contributed by atoms with Gasteiger partial charge in [0.15, 0.2) is 0 Å². The molecule has 1 aliphatic heterocycles. The minimum Gasteiger partial charge on any atom is -0.480 e. The van der Waals surface area contributed by atoms with Crippen LogP contribution in [-0.4, -0.2) is 41.4 Å². The van der Waals surface area contributed by atoms with Crippen LogP contribution in [0.5, 0.6) is 0 Å². The Labute approximate surface area is 128 Å². The zero-order valence-corrected chi connectivity index (χ0v) is 12.7. The molecular weight excluding hydrogens is 304 g/mol. The number of hydrogen-bond acceptors (Lipinski definition) is 4. The second-order valence-corrected chi connectivity index (χ2v) is 7.18. The number of pyridine rings is 1. The van der Waals surface area contributed by atoms with Gasteiger partial charge in [-0.1, -0.05) is 12.1 Å². The number of fused-ring (bicyclic) bond motifs is 1. The Morgan fingerprint density at radius 1 is 1.27 bits per heavy atom. The van der Waals surface area contributed by atoms with E-state index in [9.17, 15) is 18.3 Å². The van der Waals surface area contributed by atoms with E-state index in [4.69, 9.17) is 0 Å². The first kappa shape index (κ1) is 14.9. The van der Waals surface area contributed by atoms with Crippen LogP contribution in [0.4, 0.5) is 0 Å². The standard InChI is InChI=1S/C15H16N2O4S/c18-15(19)13-5-1-2-9-17(13)22(20,21)14-6-3-4-11-10-16-8-7-12(11)14/h3-4,6-8,10,13H,1-2,5,9H2,(H,18,19). The van der Waals surface area contributed by atoms with Gasteiger partial charge in [0.25, 0.3) is 0 Å². The molecule has 7 heteroatoms. The minimum absolute atomic E-state index is 0.139. The van der Waals surface area contributed by atoms with Crippen molar-refractivity contribution in [3.8, 4) is 0 Å². The molecule has 0 saturated carbocycles. The number of carboxylic acids is 1. The van der Waals surface area contributed by atoms with Crippen molar-refractivity contribution < 1.29 is 18.3 Å². The fourth-order valence-electron chi connectivity index (χ4n) is 2.88. The molecule has 6 nitrogen and oxygen atoms in total. The number of benzene rings is 1. The van der Waals surface area contributed by atoms with Gasteiger partial charge in [-0.15, -0.1) is 0 Å². The average Bonchev–Trinajstić information content (AvgIpc) is 2.54. The molecule has 0 radical (unpaired) electrons. The van der Waals surface area contributed by atoms with Crippen molar-refractivity contribution in [2.75, 3.05) is 6.54 Å². The summed E-state index contributed by atoms with van der Waals surface area (Å²) in [4.78, 5) is 15.5. The van der Waals surface area contributed by atoms with Crippen LogP contribution >= 0.6 is 0 Å². The van der Waals surface area contributed by atoms with Crippen LogP contribution < -0.4 is 0 Å². The first-order chi connectivity index (χ1) is 10.5. The Morgan fingerprint density at radius 2 is 2.09 bits per heavy atom. The van der Waals surface area contributed by atoms with E-state index in [2.05, 4.69) is 4.98 Å². The summed E-state index contributed by atoms with van der Waals surface area (Å²) in [5.41, 5.74) is 0. The molecule has 0 bridgehead atoms. The zero-order valence-electron chi connectivity index (χ0n) is 11.8. The largest absolute Gasteiger partial charge is 0.480 e. The first-order valence-electron chi connectivity index (χ1n) is 7.09. The number of rotatable bonds is 3. The van der Waals surface area contributed by atoms with Crippen LogP contribution in [0, 0.1) is 0 Å². The summed E-state index contributed by atoms with van der Waals surface area (Å²) in [6.45, 7) is 0.237. The number of piperidine rings is 1. The van der Waals surface area contributed by atoms with E-state index < -0.39 is 22.0 Å². The number of carbonyl (C=O) groups is 1. The molecule has 2 aromatic rings. The fraction of sp³-hybridized carbons (Fsp3) is 0.333. The predicted molar refractivity (Wildman–Crippen MR) is 80.9 cm³/mol. The average molecular weight is 320 g/mol. The van der Waals surface area contributed by atoms with E-state index in [1.165, 1.54) is 12.3 Å². The van der Waals surface area contributed by atoms with Crippen molar-refractivity contribution >= 4 is 26.8 Å². The summed E-state index contributed by atoms with van der Waals surface area (Å²) in [6.07, 6.45) is 4.88. The highest BCUT2D eigenvalue weighted by Crippen LogP contribution is 2.29. The van der Waals surface area contributed by atoms with E-state index in [0.717, 1.165) is 10.7 Å². The number of hydrogen-bond donors (Lipinski definition) is 1. The summed E-state index contributed by atoms with van der Waals surface area (Å²) in [6, 6.07) is 5.60. The summed E-state index contributed by atoms with van der Waals surface area (Å²) in [5.74, 6) is -1.09. The smallest absolute Gasteiger partial charge is 0.322 e. The molecule has 0 amide bonds. The topological polar surface area (TPSA) is 87.6 Å². The van der Waals surface area contributed by atoms with Gasteiger partial charge in [-0.3, -0.25) is 9.78 Å². The third kappa shape index (κ3) is 2.46. The van der Waals surface area contributed by atoms with Crippen molar-refractivity contribution in [3.63, 3.8) is 0 Å². The van der Waals surface area contributed by atoms with Crippen LogP contribution in [0.1, 0.15) is 19.3 Å². The quantitative estimate of drug-likeness (QED) is 0.932. The van der Waals surface area contributed by atoms with Gasteiger partial charge in [0.05, 0.1) is 4.90 Å². The maximum absolute atomic E-state index is 13.0. The number of nitrogens with zero attached hydrogens (tertiary/aromatic N) is 2. The summed E-state index contributed by atoms with van der Waals surface area (Å²) >= 11 is 0. The molecule has 0 aliphatic carbocycles. The van der Waals surface area contributed by atoms with Crippen LogP contribution in [0.2, 0.25) is 0 Å². The SMILES string of the molecule is O=C(O)C1CCCCN1S(=O)(=O)c1cccc2cnccc12. The van der Waals surface area contributed by atoms with Crippen LogP contribution in [0.15, 0.2) is 41.6 Å². The van der Waals surface area contributed by atoms with Crippen molar-refractivity contribution in [1.29, 1.82) is 0 Å². The van der Waals surface area contributed by atoms with Gasteiger partial charge in [0, 0.05) is 29.7 Å². The molecule has 1 aromatic carbocycles. The Morgan fingerprint density at radius 3 is 2.86 bits per heavy atom. The lowest BCUT2D eigenvalue weighted by Crippen LogP contribution is -2.47. The fourth-order valence-corrected chi connectivity index (χ4v) is 4.75. The second kappa shape index (κ2) is 5.66. The number of aliphatic carboxylic acids is 1. The number of carboxylic acid groups (broad SMARTS) is 1. The summed E-state index contributed by atoms with van der Waals surface area (Å²) in [7, 11) is -3.86. The number of aromatic nitrogens is 1. The van der Waals surface area contributed by atoms with E-state index >= 15 is 0 Å². The second-order valence-electron chi connectivity index (χ2n) is 5.32. The Balaban J connectivity index is 2.13. The first-order valence-corrected chi connectivity index (χ1v) is 8.53. The highest BCUT2D eigenvalue weighted by atomic mass is 32.2. The molecule has 1 aromatic heterocycles. The van der Waals surface area contributed by atoms with Crippen LogP contribution in [0.3, 0.4) is 0 Å². The van der Waals surface area contributed by atoms with Gasteiger partial charge in [-0.05, 0) is 31.4 Å². The van der Waals surface area contributed by atoms with E-state index in [-0.39, 0.29) is 11.4 Å². The lowest BCUT2D eigenvalue weighted by atomic mass is 10.1. The molecule has 22 heavy (non-hydrogen) atoms. The molecule has 3 rings (SSSR count). The van der Waals surface area contributed by atoms with Gasteiger partial charge < -0.3 is 5.11 Å². The highest BCUT2D eigenvalue weighted by Gasteiger charge is 2.38. The van der Waals surface area contributed by atoms with Crippen molar-refractivity contribution in [2.24, 2.45) is 0 Å². The maximum atomic E-state index is 13.0. The lowest BCUT2D eigenvalue weighted by Gasteiger charge is -2.32. The molecule has 1 atom stereocenters. The molecule has 1 unspecified atom stereocenters. The monoisotopic (exact) mass is 320 g/mol. The van der Waals surface area contributed by atoms with E-state index in [1.54, 1.807) is 24.4 Å². The van der Waals surface area contributed by atoms with E-state index in [1.807, 2.05) is 0 Å². The van der Waals surface area contributed by atoms with Gasteiger partial charge in [-0.25, -0.2) is 8.42 Å². The summed E-state index contributed by atoms with van der Waals surface area (Å²) < 4.78 is 27.0. The molecule has 1 fully saturated rings. The minimum atomic E-state index is -3.86. The molecule has 1 aliphatic rings. The number of sulfonamides is 1. The van der Waals surface area contributed by atoms with Gasteiger partial charge >= 0.3 is 5.97 Å². The highest BCUT2D eigenvalue weighted by molar-refractivity contribution is 7.89. The van der Waals surface area contributed by atoms with Crippen molar-refractivity contribution in [2.45, 2.75) is 30.2 Å². The van der Waals surface area contributed by atoms with E-state index in [0.29, 0.717) is 23.6 Å². The Hall–Kier alpha value is -1.99. The lowest BCUT2D eigenvalue weighted by molar-refractivity contribution is -0.142. The molecule has 1 N–H and O–H groups in total. The molecule has 0 spiro atoms. The molecule has 2 heterocycles. The molecule has 1 saturated heterocycles. The van der Waals surface area contributed by atoms with Crippen LogP contribution in [-0.2, 0) is 14.8 Å². The Kier molecular flexibility index (Phi) is 3.84. The van der Waals surface area contributed by atoms with Crippen LogP contribution in [0.25, 0.3) is 10.8 Å². The van der Waals surface area contributed by atoms with Crippen molar-refractivity contribution in [3.05, 3.63) is 36.7 Å². The third-order valence-corrected chi connectivity index (χ3v) is 5.93. The van der Waals surface area contributed by atoms with Gasteiger partial charge in [0.1, 0.15) is 6.04 Å². The van der Waals surface area contributed by atoms with Gasteiger partial charge in [0.2, 0.25) is 10.0 Å². The van der Waals surface area contributed by atoms with Crippen molar-refractivity contribution in [1.82, 2.24) is 9.29 Å². The third-order valence-electron chi connectivity index (χ3n) is 3.97. The normalized spacial score (nSPS) is 20.1.